The molecule has 1 aliphatic rings. The Bertz CT molecular complexity index is 607. The fourth-order valence-electron chi connectivity index (χ4n) is 2.25. The van der Waals surface area contributed by atoms with Crippen molar-refractivity contribution in [2.75, 3.05) is 31.1 Å². The zero-order chi connectivity index (χ0) is 17.2. The number of pyridine rings is 1. The molecule has 0 unspecified atom stereocenters. The monoisotopic (exact) mass is 325 g/mol. The van der Waals surface area contributed by atoms with Gasteiger partial charge in [-0.2, -0.15) is 0 Å². The first kappa shape index (κ1) is 17.0. The minimum Gasteiger partial charge on any atom is -0.478 e. The van der Waals surface area contributed by atoms with E-state index in [4.69, 9.17) is 9.84 Å². The van der Waals surface area contributed by atoms with E-state index in [1.807, 2.05) is 0 Å². The molecule has 2 heterocycles. The van der Waals surface area contributed by atoms with Crippen LogP contribution in [0, 0.1) is 5.82 Å². The molecule has 1 saturated heterocycles. The van der Waals surface area contributed by atoms with E-state index in [1.165, 1.54) is 6.20 Å². The van der Waals surface area contributed by atoms with Gasteiger partial charge in [0.1, 0.15) is 11.2 Å². The third-order valence-electron chi connectivity index (χ3n) is 3.33. The van der Waals surface area contributed by atoms with Crippen molar-refractivity contribution in [2.45, 2.75) is 26.4 Å². The van der Waals surface area contributed by atoms with Crippen LogP contribution in [0.5, 0.6) is 0 Å². The molecule has 1 aliphatic heterocycles. The quantitative estimate of drug-likeness (QED) is 0.895. The zero-order valence-electron chi connectivity index (χ0n) is 13.4. The molecule has 2 rings (SSSR count). The molecule has 0 aromatic carbocycles. The van der Waals surface area contributed by atoms with Crippen molar-refractivity contribution in [1.82, 2.24) is 9.88 Å². The summed E-state index contributed by atoms with van der Waals surface area (Å²) in [4.78, 5) is 30.1. The second-order valence-electron chi connectivity index (χ2n) is 6.26. The molecular formula is C15H20FN3O4. The van der Waals surface area contributed by atoms with Gasteiger partial charge in [0, 0.05) is 32.4 Å². The maximum atomic E-state index is 14.2. The standard InChI is InChI=1S/C15H20FN3O4/c1-15(2,3)23-14(22)19-8-6-18(7-9-19)12-11(16)10(13(20)21)4-5-17-12/h4-5H,6-9H2,1-3H3,(H,20,21). The number of carboxylic acids is 1. The van der Waals surface area contributed by atoms with Crippen LogP contribution in [0.2, 0.25) is 0 Å². The van der Waals surface area contributed by atoms with Gasteiger partial charge in [0.05, 0.1) is 0 Å². The summed E-state index contributed by atoms with van der Waals surface area (Å²) in [6, 6.07) is 1.12. The lowest BCUT2D eigenvalue weighted by Crippen LogP contribution is -2.50. The predicted octanol–water partition coefficient (Wildman–Crippen LogP) is 1.98. The van der Waals surface area contributed by atoms with Crippen molar-refractivity contribution >= 4 is 17.9 Å². The molecule has 7 nitrogen and oxygen atoms in total. The Hall–Kier alpha value is -2.38. The molecular weight excluding hydrogens is 305 g/mol. The maximum absolute atomic E-state index is 14.2. The van der Waals surface area contributed by atoms with Crippen LogP contribution >= 0.6 is 0 Å². The fraction of sp³-hybridized carbons (Fsp3) is 0.533. The van der Waals surface area contributed by atoms with Crippen molar-refractivity contribution in [3.05, 3.63) is 23.6 Å². The fourth-order valence-corrected chi connectivity index (χ4v) is 2.25. The summed E-state index contributed by atoms with van der Waals surface area (Å²) in [6.45, 7) is 6.78. The number of aromatic nitrogens is 1. The molecule has 0 aliphatic carbocycles. The molecule has 1 aromatic heterocycles. The van der Waals surface area contributed by atoms with Gasteiger partial charge in [-0.15, -0.1) is 0 Å². The van der Waals surface area contributed by atoms with E-state index < -0.39 is 29.0 Å². The van der Waals surface area contributed by atoms with Gasteiger partial charge in [-0.25, -0.2) is 19.0 Å². The van der Waals surface area contributed by atoms with Crippen LogP contribution in [0.25, 0.3) is 0 Å². The highest BCUT2D eigenvalue weighted by Crippen LogP contribution is 2.21. The van der Waals surface area contributed by atoms with Crippen LogP contribution in [-0.2, 0) is 4.74 Å². The average molecular weight is 325 g/mol. The summed E-state index contributed by atoms with van der Waals surface area (Å²) < 4.78 is 19.5. The Morgan fingerprint density at radius 1 is 1.26 bits per heavy atom. The number of nitrogens with zero attached hydrogens (tertiary/aromatic N) is 3. The van der Waals surface area contributed by atoms with Gasteiger partial charge in [-0.05, 0) is 26.8 Å². The van der Waals surface area contributed by atoms with Gasteiger partial charge in [0.25, 0.3) is 0 Å². The van der Waals surface area contributed by atoms with Gasteiger partial charge in [0.2, 0.25) is 0 Å². The summed E-state index contributed by atoms with van der Waals surface area (Å²) in [5.41, 5.74) is -0.984. The van der Waals surface area contributed by atoms with Gasteiger partial charge in [-0.1, -0.05) is 0 Å². The average Bonchev–Trinajstić information content (AvgIpc) is 2.45. The van der Waals surface area contributed by atoms with Crippen molar-refractivity contribution in [3.8, 4) is 0 Å². The van der Waals surface area contributed by atoms with Gasteiger partial charge >= 0.3 is 12.1 Å². The Labute approximate surface area is 133 Å². The summed E-state index contributed by atoms with van der Waals surface area (Å²) in [5.74, 6) is -2.20. The molecule has 0 saturated carbocycles. The van der Waals surface area contributed by atoms with E-state index in [-0.39, 0.29) is 5.82 Å². The number of amides is 1. The number of rotatable bonds is 2. The molecule has 8 heteroatoms. The number of halogens is 1. The van der Waals surface area contributed by atoms with Crippen molar-refractivity contribution < 1.29 is 23.8 Å². The third-order valence-corrected chi connectivity index (χ3v) is 3.33. The SMILES string of the molecule is CC(C)(C)OC(=O)N1CCN(c2nccc(C(=O)O)c2F)CC1. The van der Waals surface area contributed by atoms with Crippen LogP contribution < -0.4 is 4.90 Å². The summed E-state index contributed by atoms with van der Waals surface area (Å²) in [5, 5.41) is 8.96. The lowest BCUT2D eigenvalue weighted by Gasteiger charge is -2.36. The molecule has 1 N–H and O–H groups in total. The lowest BCUT2D eigenvalue weighted by atomic mass is 10.2. The first-order valence-electron chi connectivity index (χ1n) is 7.30. The molecule has 0 spiro atoms. The number of ether oxygens (including phenoxy) is 1. The van der Waals surface area contributed by atoms with Crippen LogP contribution in [0.15, 0.2) is 12.3 Å². The van der Waals surface area contributed by atoms with Crippen LogP contribution in [0.4, 0.5) is 15.0 Å². The smallest absolute Gasteiger partial charge is 0.410 e. The van der Waals surface area contributed by atoms with Crippen molar-refractivity contribution in [2.24, 2.45) is 0 Å². The highest BCUT2D eigenvalue weighted by Gasteiger charge is 2.28. The zero-order valence-corrected chi connectivity index (χ0v) is 13.4. The maximum Gasteiger partial charge on any atom is 0.410 e. The highest BCUT2D eigenvalue weighted by molar-refractivity contribution is 5.88. The van der Waals surface area contributed by atoms with E-state index in [9.17, 15) is 14.0 Å². The molecule has 1 amide bonds. The van der Waals surface area contributed by atoms with Gasteiger partial charge < -0.3 is 19.6 Å². The Morgan fingerprint density at radius 3 is 2.39 bits per heavy atom. The number of carboxylic acid groups (broad SMARTS) is 1. The van der Waals surface area contributed by atoms with E-state index in [0.29, 0.717) is 26.2 Å². The normalized spacial score (nSPS) is 15.5. The van der Waals surface area contributed by atoms with Gasteiger partial charge in [0.15, 0.2) is 11.6 Å². The van der Waals surface area contributed by atoms with Gasteiger partial charge in [-0.3, -0.25) is 0 Å². The molecule has 126 valence electrons. The minimum absolute atomic E-state index is 0.00580. The van der Waals surface area contributed by atoms with E-state index in [2.05, 4.69) is 4.98 Å². The molecule has 1 aromatic rings. The van der Waals surface area contributed by atoms with E-state index in [1.54, 1.807) is 30.6 Å². The van der Waals surface area contributed by atoms with Crippen molar-refractivity contribution in [3.63, 3.8) is 0 Å². The number of hydrogen-bond acceptors (Lipinski definition) is 5. The minimum atomic E-state index is -1.33. The summed E-state index contributed by atoms with van der Waals surface area (Å²) >= 11 is 0. The number of anilines is 1. The first-order valence-corrected chi connectivity index (χ1v) is 7.30. The van der Waals surface area contributed by atoms with E-state index >= 15 is 0 Å². The third kappa shape index (κ3) is 4.08. The molecule has 23 heavy (non-hydrogen) atoms. The number of hydrogen-bond donors (Lipinski definition) is 1. The lowest BCUT2D eigenvalue weighted by molar-refractivity contribution is 0.0240. The summed E-state index contributed by atoms with van der Waals surface area (Å²) in [6.07, 6.45) is 0.854. The second-order valence-corrected chi connectivity index (χ2v) is 6.26. The number of carbonyl (C=O) groups excluding carboxylic acids is 1. The number of aromatic carboxylic acids is 1. The topological polar surface area (TPSA) is 83.0 Å². The van der Waals surface area contributed by atoms with Crippen LogP contribution in [0.1, 0.15) is 31.1 Å². The first-order chi connectivity index (χ1) is 10.7. The van der Waals surface area contributed by atoms with Crippen LogP contribution in [-0.4, -0.2) is 58.8 Å². The number of carbonyl (C=O) groups is 2. The highest BCUT2D eigenvalue weighted by atomic mass is 19.1. The Kier molecular flexibility index (Phi) is 4.72. The largest absolute Gasteiger partial charge is 0.478 e. The second kappa shape index (κ2) is 6.39. The number of piperazine rings is 1. The van der Waals surface area contributed by atoms with Crippen LogP contribution in [0.3, 0.4) is 0 Å². The summed E-state index contributed by atoms with van der Waals surface area (Å²) in [7, 11) is 0. The molecule has 0 radical (unpaired) electrons. The van der Waals surface area contributed by atoms with Crippen molar-refractivity contribution in [1.29, 1.82) is 0 Å². The molecule has 1 fully saturated rings. The molecule has 0 atom stereocenters. The Morgan fingerprint density at radius 2 is 1.87 bits per heavy atom. The van der Waals surface area contributed by atoms with E-state index in [0.717, 1.165) is 6.07 Å². The molecule has 0 bridgehead atoms. The predicted molar refractivity (Wildman–Crippen MR) is 81.2 cm³/mol. The Balaban J connectivity index is 2.04.